The zero-order valence-electron chi connectivity index (χ0n) is 16.2. The van der Waals surface area contributed by atoms with Crippen LogP contribution in [0.2, 0.25) is 0 Å². The topological polar surface area (TPSA) is 45.5 Å². The van der Waals surface area contributed by atoms with Gasteiger partial charge in [0.05, 0.1) is 6.61 Å². The Hall–Kier alpha value is -2.85. The average Bonchev–Trinajstić information content (AvgIpc) is 3.35. The van der Waals surface area contributed by atoms with Crippen molar-refractivity contribution in [3.63, 3.8) is 0 Å². The molecule has 1 amide bonds. The van der Waals surface area contributed by atoms with Crippen molar-refractivity contribution in [2.24, 2.45) is 13.0 Å². The zero-order chi connectivity index (χ0) is 19.5. The molecular formula is C24H26N2O2. The van der Waals surface area contributed by atoms with E-state index >= 15 is 0 Å². The van der Waals surface area contributed by atoms with Crippen LogP contribution >= 0.6 is 0 Å². The molecule has 0 radical (unpaired) electrons. The Morgan fingerprint density at radius 3 is 2.43 bits per heavy atom. The fourth-order valence-electron chi connectivity index (χ4n) is 4.08. The molecule has 144 valence electrons. The minimum Gasteiger partial charge on any atom is -0.392 e. The second-order valence-electron chi connectivity index (χ2n) is 7.61. The van der Waals surface area contributed by atoms with Crippen molar-refractivity contribution >= 4 is 5.91 Å². The van der Waals surface area contributed by atoms with E-state index in [1.165, 1.54) is 5.56 Å². The summed E-state index contributed by atoms with van der Waals surface area (Å²) in [6, 6.07) is 22.2. The molecule has 1 N–H and O–H groups in total. The molecule has 0 aliphatic carbocycles. The number of aliphatic hydroxyl groups is 1. The first-order chi connectivity index (χ1) is 13.7. The van der Waals surface area contributed by atoms with Crippen LogP contribution < -0.4 is 0 Å². The molecular weight excluding hydrogens is 348 g/mol. The molecule has 1 aliphatic rings. The van der Waals surface area contributed by atoms with Crippen molar-refractivity contribution in [1.82, 2.24) is 9.47 Å². The van der Waals surface area contributed by atoms with Crippen LogP contribution in [0.15, 0.2) is 66.7 Å². The first-order valence-corrected chi connectivity index (χ1v) is 9.85. The smallest absolute Gasteiger partial charge is 0.270 e. The SMILES string of the molecule is Cn1c(C(=O)N2CC[C@H](Cc3ccc(CO)cc3)C2)ccc1-c1ccccc1. The predicted octanol–water partition coefficient (Wildman–Crippen LogP) is 3.89. The Kier molecular flexibility index (Phi) is 5.31. The number of amides is 1. The van der Waals surface area contributed by atoms with E-state index in [2.05, 4.69) is 24.3 Å². The summed E-state index contributed by atoms with van der Waals surface area (Å²) in [6.45, 7) is 1.68. The fraction of sp³-hybridized carbons (Fsp3) is 0.292. The van der Waals surface area contributed by atoms with Gasteiger partial charge in [0.1, 0.15) is 5.69 Å². The molecule has 0 bridgehead atoms. The highest BCUT2D eigenvalue weighted by Crippen LogP contribution is 2.26. The molecule has 1 saturated heterocycles. The molecule has 1 aromatic heterocycles. The Bertz CT molecular complexity index is 944. The van der Waals surface area contributed by atoms with Crippen LogP contribution in [0.25, 0.3) is 11.3 Å². The highest BCUT2D eigenvalue weighted by atomic mass is 16.3. The molecule has 1 atom stereocenters. The van der Waals surface area contributed by atoms with Crippen molar-refractivity contribution in [3.8, 4) is 11.3 Å². The van der Waals surface area contributed by atoms with Gasteiger partial charge in [-0.3, -0.25) is 4.79 Å². The van der Waals surface area contributed by atoms with Crippen LogP contribution in [0.3, 0.4) is 0 Å². The van der Waals surface area contributed by atoms with Gasteiger partial charge in [0, 0.05) is 25.8 Å². The van der Waals surface area contributed by atoms with Gasteiger partial charge in [-0.2, -0.15) is 0 Å². The van der Waals surface area contributed by atoms with Gasteiger partial charge in [-0.1, -0.05) is 54.6 Å². The summed E-state index contributed by atoms with van der Waals surface area (Å²) < 4.78 is 2.00. The number of hydrogen-bond acceptors (Lipinski definition) is 2. The third-order valence-electron chi connectivity index (χ3n) is 5.71. The van der Waals surface area contributed by atoms with Crippen LogP contribution in [0.1, 0.15) is 28.0 Å². The number of carbonyl (C=O) groups is 1. The monoisotopic (exact) mass is 374 g/mol. The molecule has 4 heteroatoms. The van der Waals surface area contributed by atoms with E-state index in [1.807, 2.05) is 59.0 Å². The van der Waals surface area contributed by atoms with Crippen molar-refractivity contribution < 1.29 is 9.90 Å². The van der Waals surface area contributed by atoms with Crippen molar-refractivity contribution in [2.45, 2.75) is 19.4 Å². The quantitative estimate of drug-likeness (QED) is 0.736. The number of aromatic nitrogens is 1. The van der Waals surface area contributed by atoms with Crippen LogP contribution in [-0.2, 0) is 20.1 Å². The Morgan fingerprint density at radius 1 is 1.00 bits per heavy atom. The average molecular weight is 374 g/mol. The molecule has 1 aliphatic heterocycles. The summed E-state index contributed by atoms with van der Waals surface area (Å²) in [7, 11) is 1.96. The van der Waals surface area contributed by atoms with E-state index in [0.29, 0.717) is 5.92 Å². The molecule has 0 spiro atoms. The fourth-order valence-corrected chi connectivity index (χ4v) is 4.08. The van der Waals surface area contributed by atoms with Crippen molar-refractivity contribution in [2.75, 3.05) is 13.1 Å². The summed E-state index contributed by atoms with van der Waals surface area (Å²) in [6.07, 6.45) is 2.00. The predicted molar refractivity (Wildman–Crippen MR) is 111 cm³/mol. The van der Waals surface area contributed by atoms with Gasteiger partial charge in [0.25, 0.3) is 5.91 Å². The van der Waals surface area contributed by atoms with Crippen molar-refractivity contribution in [1.29, 1.82) is 0 Å². The maximum Gasteiger partial charge on any atom is 0.270 e. The number of aliphatic hydroxyl groups excluding tert-OH is 1. The maximum atomic E-state index is 13.1. The second-order valence-corrected chi connectivity index (χ2v) is 7.61. The van der Waals surface area contributed by atoms with Gasteiger partial charge >= 0.3 is 0 Å². The van der Waals surface area contributed by atoms with Crippen LogP contribution in [-0.4, -0.2) is 33.6 Å². The van der Waals surface area contributed by atoms with Crippen LogP contribution in [0.4, 0.5) is 0 Å². The zero-order valence-corrected chi connectivity index (χ0v) is 16.2. The maximum absolute atomic E-state index is 13.1. The van der Waals surface area contributed by atoms with Gasteiger partial charge in [-0.05, 0) is 47.6 Å². The Balaban J connectivity index is 1.43. The molecule has 2 heterocycles. The summed E-state index contributed by atoms with van der Waals surface area (Å²) in [5, 5.41) is 9.17. The van der Waals surface area contributed by atoms with Crippen molar-refractivity contribution in [3.05, 3.63) is 83.6 Å². The van der Waals surface area contributed by atoms with Crippen LogP contribution in [0.5, 0.6) is 0 Å². The standard InChI is InChI=1S/C24H26N2O2/c1-25-22(21-5-3-2-4-6-21)11-12-23(25)24(28)26-14-13-20(16-26)15-18-7-9-19(17-27)10-8-18/h2-12,20,27H,13-17H2,1H3/t20-/m1/s1. The van der Waals surface area contributed by atoms with Gasteiger partial charge in [0.15, 0.2) is 0 Å². The van der Waals surface area contributed by atoms with E-state index in [9.17, 15) is 4.79 Å². The Morgan fingerprint density at radius 2 is 1.71 bits per heavy atom. The molecule has 3 aromatic rings. The number of carbonyl (C=O) groups excluding carboxylic acids is 1. The normalized spacial score (nSPS) is 16.5. The Labute approximate surface area is 166 Å². The highest BCUT2D eigenvalue weighted by molar-refractivity contribution is 5.94. The summed E-state index contributed by atoms with van der Waals surface area (Å²) in [5.74, 6) is 0.598. The summed E-state index contributed by atoms with van der Waals surface area (Å²) in [4.78, 5) is 15.1. The van der Waals surface area contributed by atoms with Gasteiger partial charge in [-0.15, -0.1) is 0 Å². The molecule has 0 unspecified atom stereocenters. The number of hydrogen-bond donors (Lipinski definition) is 1. The highest BCUT2D eigenvalue weighted by Gasteiger charge is 2.28. The lowest BCUT2D eigenvalue weighted by Gasteiger charge is -2.18. The lowest BCUT2D eigenvalue weighted by Crippen LogP contribution is -2.30. The molecule has 4 nitrogen and oxygen atoms in total. The lowest BCUT2D eigenvalue weighted by molar-refractivity contribution is 0.0778. The molecule has 28 heavy (non-hydrogen) atoms. The minimum atomic E-state index is 0.0770. The summed E-state index contributed by atoms with van der Waals surface area (Å²) in [5.41, 5.74) is 5.12. The van der Waals surface area contributed by atoms with Crippen LogP contribution in [0, 0.1) is 5.92 Å². The molecule has 0 saturated carbocycles. The molecule has 1 fully saturated rings. The largest absolute Gasteiger partial charge is 0.392 e. The van der Waals surface area contributed by atoms with E-state index in [-0.39, 0.29) is 12.5 Å². The van der Waals surface area contributed by atoms with E-state index in [0.717, 1.165) is 48.4 Å². The third kappa shape index (κ3) is 3.73. The number of benzene rings is 2. The van der Waals surface area contributed by atoms with E-state index in [4.69, 9.17) is 5.11 Å². The minimum absolute atomic E-state index is 0.0770. The lowest BCUT2D eigenvalue weighted by atomic mass is 9.98. The van der Waals surface area contributed by atoms with Gasteiger partial charge in [0.2, 0.25) is 0 Å². The number of likely N-dealkylation sites (tertiary alicyclic amines) is 1. The number of nitrogens with zero attached hydrogens (tertiary/aromatic N) is 2. The van der Waals surface area contributed by atoms with Gasteiger partial charge < -0.3 is 14.6 Å². The molecule has 4 rings (SSSR count). The van der Waals surface area contributed by atoms with Gasteiger partial charge in [-0.25, -0.2) is 0 Å². The summed E-state index contributed by atoms with van der Waals surface area (Å²) >= 11 is 0. The second kappa shape index (κ2) is 8.03. The number of rotatable bonds is 5. The third-order valence-corrected chi connectivity index (χ3v) is 5.71. The van der Waals surface area contributed by atoms with E-state index in [1.54, 1.807) is 0 Å². The first kappa shape index (κ1) is 18.5. The first-order valence-electron chi connectivity index (χ1n) is 9.85. The molecule has 2 aromatic carbocycles. The van der Waals surface area contributed by atoms with E-state index < -0.39 is 0 Å².